The molecule has 0 spiro atoms. The third kappa shape index (κ3) is 3.85. The van der Waals surface area contributed by atoms with Gasteiger partial charge in [0.05, 0.1) is 5.69 Å². The summed E-state index contributed by atoms with van der Waals surface area (Å²) in [6.07, 6.45) is 0. The summed E-state index contributed by atoms with van der Waals surface area (Å²) < 4.78 is 7.08. The Hall–Kier alpha value is -2.52. The van der Waals surface area contributed by atoms with E-state index >= 15 is 0 Å². The molecule has 28 heavy (non-hydrogen) atoms. The van der Waals surface area contributed by atoms with Gasteiger partial charge in [0.2, 0.25) is 10.9 Å². The van der Waals surface area contributed by atoms with Crippen LogP contribution >= 0.6 is 23.1 Å². The molecule has 4 aromatic rings. The number of rotatable bonds is 4. The zero-order valence-corrected chi connectivity index (χ0v) is 17.6. The maximum atomic E-state index is 12.1. The molecule has 0 aliphatic carbocycles. The van der Waals surface area contributed by atoms with Crippen molar-refractivity contribution in [3.8, 4) is 11.5 Å². The molecular formula is C19H19N5O2S2. The van der Waals surface area contributed by atoms with Gasteiger partial charge in [-0.2, -0.15) is 9.61 Å². The zero-order valence-electron chi connectivity index (χ0n) is 16.0. The van der Waals surface area contributed by atoms with Crippen molar-refractivity contribution in [2.75, 3.05) is 0 Å². The predicted octanol–water partition coefficient (Wildman–Crippen LogP) is 4.10. The lowest BCUT2D eigenvalue weighted by molar-refractivity contribution is 0.465. The van der Waals surface area contributed by atoms with E-state index in [1.54, 1.807) is 0 Å². The van der Waals surface area contributed by atoms with Crippen LogP contribution in [-0.4, -0.2) is 24.8 Å². The van der Waals surface area contributed by atoms with Crippen LogP contribution in [-0.2, 0) is 11.2 Å². The summed E-state index contributed by atoms with van der Waals surface area (Å²) in [7, 11) is 0. The average molecular weight is 414 g/mol. The monoisotopic (exact) mass is 413 g/mol. The fourth-order valence-corrected chi connectivity index (χ4v) is 4.08. The van der Waals surface area contributed by atoms with E-state index in [4.69, 9.17) is 4.42 Å². The van der Waals surface area contributed by atoms with E-state index in [0.29, 0.717) is 27.5 Å². The van der Waals surface area contributed by atoms with Crippen LogP contribution in [0.3, 0.4) is 0 Å². The summed E-state index contributed by atoms with van der Waals surface area (Å²) in [5, 5.41) is 13.6. The van der Waals surface area contributed by atoms with Gasteiger partial charge in [0, 0.05) is 17.4 Å². The third-order valence-electron chi connectivity index (χ3n) is 4.15. The van der Waals surface area contributed by atoms with Crippen LogP contribution in [0.2, 0.25) is 0 Å². The van der Waals surface area contributed by atoms with Crippen LogP contribution < -0.4 is 5.56 Å². The van der Waals surface area contributed by atoms with Gasteiger partial charge in [0.25, 0.3) is 10.8 Å². The Morgan fingerprint density at radius 1 is 1.18 bits per heavy atom. The molecular weight excluding hydrogens is 394 g/mol. The lowest BCUT2D eigenvalue weighted by Crippen LogP contribution is -2.15. The topological polar surface area (TPSA) is 86.2 Å². The molecule has 0 aliphatic rings. The first-order valence-electron chi connectivity index (χ1n) is 8.73. The van der Waals surface area contributed by atoms with Crippen LogP contribution in [0.1, 0.15) is 37.0 Å². The molecule has 7 nitrogen and oxygen atoms in total. The standard InChI is InChI=1S/C19H19N5O2S2/c1-11-23-24-15(25)9-14(20-17(24)28-11)10-27-18-22-21-16(26-18)12-5-7-13(8-6-12)19(2,3)4/h5-9H,10H2,1-4H3. The van der Waals surface area contributed by atoms with Crippen molar-refractivity contribution in [2.24, 2.45) is 0 Å². The van der Waals surface area contributed by atoms with E-state index < -0.39 is 0 Å². The molecule has 0 amide bonds. The minimum Gasteiger partial charge on any atom is -0.411 e. The molecule has 4 rings (SSSR count). The van der Waals surface area contributed by atoms with Gasteiger partial charge in [-0.1, -0.05) is 56.0 Å². The van der Waals surface area contributed by atoms with Gasteiger partial charge in [0.1, 0.15) is 5.01 Å². The highest BCUT2D eigenvalue weighted by molar-refractivity contribution is 7.98. The largest absolute Gasteiger partial charge is 0.411 e. The summed E-state index contributed by atoms with van der Waals surface area (Å²) >= 11 is 2.74. The van der Waals surface area contributed by atoms with Crippen LogP contribution in [0.4, 0.5) is 0 Å². The lowest BCUT2D eigenvalue weighted by atomic mass is 9.87. The van der Waals surface area contributed by atoms with Crippen molar-refractivity contribution in [3.05, 3.63) is 57.0 Å². The minimum atomic E-state index is -0.185. The Labute approximate surface area is 169 Å². The van der Waals surface area contributed by atoms with Gasteiger partial charge in [-0.05, 0) is 30.0 Å². The predicted molar refractivity (Wildman–Crippen MR) is 110 cm³/mol. The highest BCUT2D eigenvalue weighted by Gasteiger charge is 2.15. The van der Waals surface area contributed by atoms with E-state index in [2.05, 4.69) is 53.2 Å². The van der Waals surface area contributed by atoms with Crippen molar-refractivity contribution in [2.45, 2.75) is 44.1 Å². The summed E-state index contributed by atoms with van der Waals surface area (Å²) in [5.41, 5.74) is 2.70. The van der Waals surface area contributed by atoms with Crippen molar-refractivity contribution >= 4 is 28.1 Å². The number of fused-ring (bicyclic) bond motifs is 1. The molecule has 0 bridgehead atoms. The molecule has 0 saturated carbocycles. The maximum absolute atomic E-state index is 12.1. The molecule has 0 fully saturated rings. The Bertz CT molecular complexity index is 1190. The first kappa shape index (κ1) is 18.8. The minimum absolute atomic E-state index is 0.0951. The molecule has 9 heteroatoms. The van der Waals surface area contributed by atoms with Gasteiger partial charge in [-0.25, -0.2) is 4.98 Å². The summed E-state index contributed by atoms with van der Waals surface area (Å²) in [6, 6.07) is 9.63. The van der Waals surface area contributed by atoms with E-state index in [1.165, 1.54) is 39.2 Å². The van der Waals surface area contributed by atoms with Crippen LogP contribution in [0.15, 0.2) is 44.8 Å². The lowest BCUT2D eigenvalue weighted by Gasteiger charge is -2.18. The quantitative estimate of drug-likeness (QED) is 0.466. The Balaban J connectivity index is 1.49. The Morgan fingerprint density at radius 2 is 1.93 bits per heavy atom. The second-order valence-corrected chi connectivity index (χ2v) is 9.48. The van der Waals surface area contributed by atoms with Crippen LogP contribution in [0.5, 0.6) is 0 Å². The smallest absolute Gasteiger partial charge is 0.277 e. The Kier molecular flexibility index (Phi) is 4.80. The second-order valence-electron chi connectivity index (χ2n) is 7.39. The molecule has 144 valence electrons. The van der Waals surface area contributed by atoms with Crippen molar-refractivity contribution in [3.63, 3.8) is 0 Å². The molecule has 0 aliphatic heterocycles. The van der Waals surface area contributed by atoms with Gasteiger partial charge in [-0.15, -0.1) is 10.2 Å². The molecule has 3 aromatic heterocycles. The average Bonchev–Trinajstić information content (AvgIpc) is 3.26. The fourth-order valence-electron chi connectivity index (χ4n) is 2.66. The SMILES string of the molecule is Cc1nn2c(=O)cc(CSc3nnc(-c4ccc(C(C)(C)C)cc4)o3)nc2s1. The van der Waals surface area contributed by atoms with Crippen molar-refractivity contribution in [1.29, 1.82) is 0 Å². The first-order valence-corrected chi connectivity index (χ1v) is 10.5. The van der Waals surface area contributed by atoms with Crippen LogP contribution in [0, 0.1) is 6.92 Å². The summed E-state index contributed by atoms with van der Waals surface area (Å²) in [6.45, 7) is 8.37. The normalized spacial score (nSPS) is 12.0. The summed E-state index contributed by atoms with van der Waals surface area (Å²) in [4.78, 5) is 17.2. The Morgan fingerprint density at radius 3 is 2.64 bits per heavy atom. The van der Waals surface area contributed by atoms with Crippen molar-refractivity contribution < 1.29 is 4.42 Å². The second kappa shape index (κ2) is 7.14. The van der Waals surface area contributed by atoms with E-state index in [1.807, 2.05) is 19.1 Å². The zero-order chi connectivity index (χ0) is 19.9. The number of aryl methyl sites for hydroxylation is 1. The molecule has 0 saturated heterocycles. The molecule has 3 heterocycles. The van der Waals surface area contributed by atoms with Gasteiger partial charge in [0.15, 0.2) is 0 Å². The summed E-state index contributed by atoms with van der Waals surface area (Å²) in [5.74, 6) is 0.942. The van der Waals surface area contributed by atoms with Gasteiger partial charge in [-0.3, -0.25) is 4.79 Å². The molecule has 0 atom stereocenters. The molecule has 0 N–H and O–H groups in total. The number of hydrogen-bond donors (Lipinski definition) is 0. The first-order chi connectivity index (χ1) is 13.3. The number of aromatic nitrogens is 5. The van der Waals surface area contributed by atoms with Crippen LogP contribution in [0.25, 0.3) is 16.4 Å². The number of benzene rings is 1. The van der Waals surface area contributed by atoms with Crippen molar-refractivity contribution in [1.82, 2.24) is 24.8 Å². The number of thioether (sulfide) groups is 1. The number of hydrogen-bond acceptors (Lipinski definition) is 8. The van der Waals surface area contributed by atoms with E-state index in [0.717, 1.165) is 10.6 Å². The molecule has 0 unspecified atom stereocenters. The molecule has 1 aromatic carbocycles. The fraction of sp³-hybridized carbons (Fsp3) is 0.316. The number of nitrogens with zero attached hydrogens (tertiary/aromatic N) is 5. The molecule has 0 radical (unpaired) electrons. The van der Waals surface area contributed by atoms with Gasteiger partial charge < -0.3 is 4.42 Å². The third-order valence-corrected chi connectivity index (χ3v) is 5.82. The van der Waals surface area contributed by atoms with E-state index in [9.17, 15) is 4.79 Å². The highest BCUT2D eigenvalue weighted by atomic mass is 32.2. The van der Waals surface area contributed by atoms with E-state index in [-0.39, 0.29) is 11.0 Å². The maximum Gasteiger partial charge on any atom is 0.277 e. The van der Waals surface area contributed by atoms with Gasteiger partial charge >= 0.3 is 0 Å². The highest BCUT2D eigenvalue weighted by Crippen LogP contribution is 2.28.